The fourth-order valence-corrected chi connectivity index (χ4v) is 2.56. The molecule has 1 aliphatic heterocycles. The van der Waals surface area contributed by atoms with E-state index in [4.69, 9.17) is 9.84 Å². The minimum atomic E-state index is -1.62. The number of halogens is 2. The summed E-state index contributed by atoms with van der Waals surface area (Å²) in [7, 11) is 0. The van der Waals surface area contributed by atoms with Crippen molar-refractivity contribution < 1.29 is 28.2 Å². The van der Waals surface area contributed by atoms with Crippen LogP contribution in [0.15, 0.2) is 6.07 Å². The Bertz CT molecular complexity index is 581. The highest BCUT2D eigenvalue weighted by atomic mass is 19.2. The third kappa shape index (κ3) is 2.87. The topological polar surface area (TPSA) is 66.8 Å². The number of rotatable bonds is 3. The predicted octanol–water partition coefficient (Wildman–Crippen LogP) is 2.09. The minimum Gasteiger partial charge on any atom is -0.478 e. The molecule has 0 unspecified atom stereocenters. The first kappa shape index (κ1) is 15.4. The molecule has 1 aromatic rings. The highest BCUT2D eigenvalue weighted by Gasteiger charge is 2.30. The molecule has 114 valence electrons. The van der Waals surface area contributed by atoms with Gasteiger partial charge < -0.3 is 14.7 Å². The highest BCUT2D eigenvalue weighted by Crippen LogP contribution is 2.30. The molecule has 1 heterocycles. The van der Waals surface area contributed by atoms with Gasteiger partial charge in [0.1, 0.15) is 0 Å². The first-order valence-corrected chi connectivity index (χ1v) is 6.46. The smallest absolute Gasteiger partial charge is 0.338 e. The van der Waals surface area contributed by atoms with Crippen LogP contribution in [0.25, 0.3) is 0 Å². The molecule has 1 aliphatic rings. The van der Waals surface area contributed by atoms with Gasteiger partial charge in [-0.25, -0.2) is 13.6 Å². The molecule has 0 aromatic heterocycles. The molecule has 2 rings (SSSR count). The number of morpholine rings is 1. The normalized spacial score (nSPS) is 22.2. The van der Waals surface area contributed by atoms with E-state index in [0.717, 1.165) is 6.07 Å². The van der Waals surface area contributed by atoms with Crippen LogP contribution in [0.5, 0.6) is 0 Å². The third-order valence-corrected chi connectivity index (χ3v) is 3.30. The number of anilines is 1. The lowest BCUT2D eigenvalue weighted by atomic mass is 10.1. The first-order chi connectivity index (χ1) is 9.85. The summed E-state index contributed by atoms with van der Waals surface area (Å²) < 4.78 is 33.6. The van der Waals surface area contributed by atoms with Crippen molar-refractivity contribution >= 4 is 17.9 Å². The number of nitrogens with zero attached hydrogens (tertiary/aromatic N) is 1. The zero-order valence-electron chi connectivity index (χ0n) is 11.6. The molecule has 1 fully saturated rings. The van der Waals surface area contributed by atoms with Gasteiger partial charge >= 0.3 is 5.97 Å². The molecule has 0 amide bonds. The maximum absolute atomic E-state index is 14.2. The van der Waals surface area contributed by atoms with Crippen LogP contribution in [0.1, 0.15) is 34.6 Å². The Morgan fingerprint density at radius 2 is 1.90 bits per heavy atom. The van der Waals surface area contributed by atoms with E-state index in [-0.39, 0.29) is 36.5 Å². The summed E-state index contributed by atoms with van der Waals surface area (Å²) in [6.45, 7) is 4.13. The molecule has 5 nitrogen and oxygen atoms in total. The Balaban J connectivity index is 2.55. The maximum atomic E-state index is 14.2. The monoisotopic (exact) mass is 299 g/mol. The zero-order valence-corrected chi connectivity index (χ0v) is 11.6. The summed E-state index contributed by atoms with van der Waals surface area (Å²) in [6, 6.07) is 0.855. The summed E-state index contributed by atoms with van der Waals surface area (Å²) in [5.41, 5.74) is -1.25. The second kappa shape index (κ2) is 5.77. The van der Waals surface area contributed by atoms with Crippen LogP contribution in [0.2, 0.25) is 0 Å². The molecule has 0 saturated carbocycles. The average Bonchev–Trinajstić information content (AvgIpc) is 2.39. The molecule has 1 N–H and O–H groups in total. The van der Waals surface area contributed by atoms with Crippen LogP contribution < -0.4 is 4.90 Å². The zero-order chi connectivity index (χ0) is 15.7. The van der Waals surface area contributed by atoms with Crippen LogP contribution in [0, 0.1) is 11.6 Å². The lowest BCUT2D eigenvalue weighted by molar-refractivity contribution is -0.00548. The van der Waals surface area contributed by atoms with Crippen molar-refractivity contribution in [1.82, 2.24) is 0 Å². The van der Waals surface area contributed by atoms with Crippen molar-refractivity contribution in [2.24, 2.45) is 0 Å². The first-order valence-electron chi connectivity index (χ1n) is 6.46. The van der Waals surface area contributed by atoms with E-state index in [1.54, 1.807) is 13.8 Å². The summed E-state index contributed by atoms with van der Waals surface area (Å²) in [6.07, 6.45) is -0.0977. The van der Waals surface area contributed by atoms with Gasteiger partial charge in [-0.1, -0.05) is 0 Å². The van der Waals surface area contributed by atoms with Crippen molar-refractivity contribution in [3.63, 3.8) is 0 Å². The number of aromatic carboxylic acids is 1. The summed E-state index contributed by atoms with van der Waals surface area (Å²) in [5.74, 6) is -4.40. The van der Waals surface area contributed by atoms with Crippen molar-refractivity contribution in [2.75, 3.05) is 18.0 Å². The molecule has 1 saturated heterocycles. The molecule has 0 radical (unpaired) electrons. The number of aldehydes is 1. The van der Waals surface area contributed by atoms with Gasteiger partial charge in [0.05, 0.1) is 23.5 Å². The Labute approximate surface area is 120 Å². The lowest BCUT2D eigenvalue weighted by Crippen LogP contribution is -2.46. The number of ether oxygens (including phenoxy) is 1. The number of hydrogen-bond acceptors (Lipinski definition) is 4. The molecule has 21 heavy (non-hydrogen) atoms. The maximum Gasteiger partial charge on any atom is 0.338 e. The number of carbonyl (C=O) groups is 2. The quantitative estimate of drug-likeness (QED) is 0.866. The van der Waals surface area contributed by atoms with Gasteiger partial charge in [0.2, 0.25) is 0 Å². The molecule has 1 aromatic carbocycles. The van der Waals surface area contributed by atoms with Crippen LogP contribution >= 0.6 is 0 Å². The molecule has 2 atom stereocenters. The van der Waals surface area contributed by atoms with Gasteiger partial charge in [-0.3, -0.25) is 4.79 Å². The largest absolute Gasteiger partial charge is 0.478 e. The second-order valence-electron chi connectivity index (χ2n) is 5.08. The van der Waals surface area contributed by atoms with E-state index in [1.165, 1.54) is 4.90 Å². The Kier molecular flexibility index (Phi) is 4.22. The van der Waals surface area contributed by atoms with E-state index in [1.807, 2.05) is 0 Å². The van der Waals surface area contributed by atoms with Gasteiger partial charge in [0.25, 0.3) is 0 Å². The van der Waals surface area contributed by atoms with Gasteiger partial charge in [0.15, 0.2) is 17.9 Å². The Hall–Kier alpha value is -2.02. The Morgan fingerprint density at radius 3 is 2.38 bits per heavy atom. The summed E-state index contributed by atoms with van der Waals surface area (Å²) in [4.78, 5) is 23.5. The summed E-state index contributed by atoms with van der Waals surface area (Å²) >= 11 is 0. The van der Waals surface area contributed by atoms with Crippen molar-refractivity contribution in [1.29, 1.82) is 0 Å². The molecular formula is C14H15F2NO4. The van der Waals surface area contributed by atoms with Crippen LogP contribution in [0.3, 0.4) is 0 Å². The SMILES string of the molecule is C[C@@H]1CN(c2c(C=O)cc(C(=O)O)c(F)c2F)C[C@H](C)O1. The third-order valence-electron chi connectivity index (χ3n) is 3.30. The molecule has 0 bridgehead atoms. The fourth-order valence-electron chi connectivity index (χ4n) is 2.56. The van der Waals surface area contributed by atoms with Gasteiger partial charge in [0, 0.05) is 18.7 Å². The average molecular weight is 299 g/mol. The number of benzene rings is 1. The van der Waals surface area contributed by atoms with E-state index in [2.05, 4.69) is 0 Å². The van der Waals surface area contributed by atoms with Crippen molar-refractivity contribution in [3.05, 3.63) is 28.8 Å². The van der Waals surface area contributed by atoms with Crippen molar-refractivity contribution in [2.45, 2.75) is 26.1 Å². The standard InChI is InChI=1S/C14H15F2NO4/c1-7-4-17(5-8(2)21-7)13-9(6-18)3-10(14(19)20)11(15)12(13)16/h3,6-8H,4-5H2,1-2H3,(H,19,20)/t7-,8+. The van der Waals surface area contributed by atoms with Gasteiger partial charge in [-0.2, -0.15) is 0 Å². The summed E-state index contributed by atoms with van der Waals surface area (Å²) in [5, 5.41) is 8.84. The van der Waals surface area contributed by atoms with E-state index in [9.17, 15) is 18.4 Å². The molecule has 0 aliphatic carbocycles. The Morgan fingerprint density at radius 1 is 1.33 bits per heavy atom. The van der Waals surface area contributed by atoms with E-state index in [0.29, 0.717) is 6.29 Å². The van der Waals surface area contributed by atoms with Crippen molar-refractivity contribution in [3.8, 4) is 0 Å². The van der Waals surface area contributed by atoms with Gasteiger partial charge in [-0.05, 0) is 19.9 Å². The minimum absolute atomic E-state index is 0.187. The van der Waals surface area contributed by atoms with Crippen LogP contribution in [-0.2, 0) is 4.74 Å². The lowest BCUT2D eigenvalue weighted by Gasteiger charge is -2.37. The van der Waals surface area contributed by atoms with Crippen LogP contribution in [0.4, 0.5) is 14.5 Å². The second-order valence-corrected chi connectivity index (χ2v) is 5.08. The van der Waals surface area contributed by atoms with E-state index >= 15 is 0 Å². The number of carboxylic acid groups (broad SMARTS) is 1. The van der Waals surface area contributed by atoms with E-state index < -0.39 is 23.2 Å². The predicted molar refractivity (Wildman–Crippen MR) is 70.9 cm³/mol. The van der Waals surface area contributed by atoms with Crippen LogP contribution in [-0.4, -0.2) is 42.7 Å². The fraction of sp³-hybridized carbons (Fsp3) is 0.429. The number of hydrogen-bond donors (Lipinski definition) is 1. The molecular weight excluding hydrogens is 284 g/mol. The number of carboxylic acids is 1. The molecule has 0 spiro atoms. The van der Waals surface area contributed by atoms with Gasteiger partial charge in [-0.15, -0.1) is 0 Å². The number of carbonyl (C=O) groups excluding carboxylic acids is 1. The molecule has 7 heteroatoms. The highest BCUT2D eigenvalue weighted by molar-refractivity contribution is 5.94.